The number of esters is 1. The van der Waals surface area contributed by atoms with Crippen molar-refractivity contribution < 1.29 is 19.2 Å². The fourth-order valence-corrected chi connectivity index (χ4v) is 2.73. The van der Waals surface area contributed by atoms with Gasteiger partial charge in [-0.05, 0) is 43.2 Å². The lowest BCUT2D eigenvalue weighted by Crippen LogP contribution is -2.19. The standard InChI is InChI=1S/C22H23ClN2O4/c1-15(17-9-11-19(23)12-10-17)13-16(2)24-29-14-18-7-5-6-8-20(18)21(25-28-4)22(26)27-3/h5-13H,14H2,1-4H3/b15-13+,24-16+,25-21+. The largest absolute Gasteiger partial charge is 0.464 e. The van der Waals surface area contributed by atoms with Gasteiger partial charge in [0, 0.05) is 16.1 Å². The molecule has 2 rings (SSSR count). The lowest BCUT2D eigenvalue weighted by Gasteiger charge is -2.09. The van der Waals surface area contributed by atoms with Gasteiger partial charge in [0.1, 0.15) is 13.7 Å². The van der Waals surface area contributed by atoms with Crippen LogP contribution in [0.5, 0.6) is 0 Å². The maximum atomic E-state index is 12.0. The van der Waals surface area contributed by atoms with Crippen molar-refractivity contribution in [3.05, 3.63) is 76.3 Å². The van der Waals surface area contributed by atoms with E-state index in [1.165, 1.54) is 14.2 Å². The van der Waals surface area contributed by atoms with E-state index < -0.39 is 5.97 Å². The molecule has 6 nitrogen and oxygen atoms in total. The Balaban J connectivity index is 2.13. The molecule has 0 radical (unpaired) electrons. The maximum Gasteiger partial charge on any atom is 0.360 e. The van der Waals surface area contributed by atoms with Gasteiger partial charge in [-0.15, -0.1) is 0 Å². The monoisotopic (exact) mass is 414 g/mol. The fourth-order valence-electron chi connectivity index (χ4n) is 2.60. The summed E-state index contributed by atoms with van der Waals surface area (Å²) in [6.07, 6.45) is 1.92. The molecule has 0 aromatic heterocycles. The lowest BCUT2D eigenvalue weighted by atomic mass is 10.0. The third-order valence-electron chi connectivity index (χ3n) is 3.99. The molecule has 0 saturated carbocycles. The smallest absolute Gasteiger partial charge is 0.360 e. The number of nitrogens with zero attached hydrogens (tertiary/aromatic N) is 2. The molecule has 0 saturated heterocycles. The summed E-state index contributed by atoms with van der Waals surface area (Å²) in [6.45, 7) is 3.99. The molecule has 0 bridgehead atoms. The van der Waals surface area contributed by atoms with Crippen LogP contribution in [-0.2, 0) is 25.8 Å². The first-order valence-corrected chi connectivity index (χ1v) is 9.22. The van der Waals surface area contributed by atoms with Gasteiger partial charge in [-0.2, -0.15) is 0 Å². The summed E-state index contributed by atoms with van der Waals surface area (Å²) in [7, 11) is 2.65. The molecule has 0 aliphatic heterocycles. The number of carbonyl (C=O) groups is 1. The number of methoxy groups -OCH3 is 1. The summed E-state index contributed by atoms with van der Waals surface area (Å²) in [5.41, 5.74) is 4.13. The fraction of sp³-hybridized carbons (Fsp3) is 0.227. The van der Waals surface area contributed by atoms with E-state index in [-0.39, 0.29) is 12.3 Å². The highest BCUT2D eigenvalue weighted by Crippen LogP contribution is 2.17. The number of carbonyl (C=O) groups excluding carboxylic acids is 1. The van der Waals surface area contributed by atoms with Crippen LogP contribution in [0.2, 0.25) is 5.02 Å². The van der Waals surface area contributed by atoms with Crippen molar-refractivity contribution in [1.82, 2.24) is 0 Å². The van der Waals surface area contributed by atoms with Gasteiger partial charge >= 0.3 is 5.97 Å². The normalized spacial score (nSPS) is 12.5. The Hall–Kier alpha value is -3.12. The zero-order valence-electron chi connectivity index (χ0n) is 16.8. The molecule has 2 aromatic carbocycles. The highest BCUT2D eigenvalue weighted by atomic mass is 35.5. The lowest BCUT2D eigenvalue weighted by molar-refractivity contribution is -0.132. The Labute approximate surface area is 175 Å². The molecule has 7 heteroatoms. The zero-order valence-corrected chi connectivity index (χ0v) is 17.6. The first-order valence-electron chi connectivity index (χ1n) is 8.84. The molecule has 0 aliphatic rings. The number of benzene rings is 2. The minimum atomic E-state index is -0.597. The van der Waals surface area contributed by atoms with Crippen LogP contribution in [-0.4, -0.2) is 31.6 Å². The molecule has 0 atom stereocenters. The Kier molecular flexibility index (Phi) is 8.43. The van der Waals surface area contributed by atoms with Gasteiger partial charge in [0.05, 0.1) is 12.8 Å². The molecule has 0 fully saturated rings. The van der Waals surface area contributed by atoms with Crippen LogP contribution in [0.1, 0.15) is 30.5 Å². The number of rotatable bonds is 8. The Morgan fingerprint density at radius 1 is 1.03 bits per heavy atom. The summed E-state index contributed by atoms with van der Waals surface area (Å²) in [5, 5.41) is 8.61. The van der Waals surface area contributed by atoms with Crippen molar-refractivity contribution in [3.8, 4) is 0 Å². The van der Waals surface area contributed by atoms with Gasteiger partial charge < -0.3 is 14.4 Å². The van der Waals surface area contributed by atoms with Crippen molar-refractivity contribution >= 4 is 34.6 Å². The first-order chi connectivity index (χ1) is 14.0. The number of allylic oxidation sites excluding steroid dienone is 2. The van der Waals surface area contributed by atoms with Gasteiger partial charge in [0.25, 0.3) is 0 Å². The number of hydrogen-bond donors (Lipinski definition) is 0. The van der Waals surface area contributed by atoms with Crippen LogP contribution >= 0.6 is 11.6 Å². The molecule has 0 aliphatic carbocycles. The van der Waals surface area contributed by atoms with Crippen LogP contribution in [0, 0.1) is 0 Å². The highest BCUT2D eigenvalue weighted by molar-refractivity contribution is 6.43. The molecule has 0 heterocycles. The number of ether oxygens (including phenoxy) is 1. The average molecular weight is 415 g/mol. The van der Waals surface area contributed by atoms with Crippen molar-refractivity contribution in [3.63, 3.8) is 0 Å². The van der Waals surface area contributed by atoms with Crippen LogP contribution < -0.4 is 0 Å². The van der Waals surface area contributed by atoms with Crippen molar-refractivity contribution in [1.29, 1.82) is 0 Å². The van der Waals surface area contributed by atoms with Crippen molar-refractivity contribution in [2.75, 3.05) is 14.2 Å². The van der Waals surface area contributed by atoms with Gasteiger partial charge in [0.15, 0.2) is 5.71 Å². The first kappa shape index (κ1) is 22.2. The van der Waals surface area contributed by atoms with Crippen LogP contribution in [0.15, 0.2) is 64.9 Å². The van der Waals surface area contributed by atoms with Gasteiger partial charge in [-0.1, -0.05) is 58.3 Å². The average Bonchev–Trinajstić information content (AvgIpc) is 2.72. The minimum absolute atomic E-state index is 0.0633. The number of halogens is 1. The molecule has 29 heavy (non-hydrogen) atoms. The zero-order chi connectivity index (χ0) is 21.2. The second-order valence-corrected chi connectivity index (χ2v) is 6.55. The Bertz CT molecular complexity index is 934. The van der Waals surface area contributed by atoms with E-state index in [1.54, 1.807) is 12.1 Å². The second-order valence-electron chi connectivity index (χ2n) is 6.11. The SMILES string of the molecule is CO/N=C(/C(=O)OC)c1ccccc1CO/N=C(C)/C=C(\C)c1ccc(Cl)cc1. The van der Waals surface area contributed by atoms with Crippen LogP contribution in [0.3, 0.4) is 0 Å². The van der Waals surface area contributed by atoms with Gasteiger partial charge in [-0.25, -0.2) is 4.79 Å². The molecule has 0 spiro atoms. The predicted molar refractivity (Wildman–Crippen MR) is 115 cm³/mol. The van der Waals surface area contributed by atoms with E-state index in [0.717, 1.165) is 16.7 Å². The molecule has 0 amide bonds. The van der Waals surface area contributed by atoms with E-state index in [0.29, 0.717) is 16.3 Å². The van der Waals surface area contributed by atoms with Crippen LogP contribution in [0.4, 0.5) is 0 Å². The van der Waals surface area contributed by atoms with Gasteiger partial charge in [-0.3, -0.25) is 0 Å². The molecular weight excluding hydrogens is 392 g/mol. The molecule has 0 N–H and O–H groups in total. The van der Waals surface area contributed by atoms with Crippen LogP contribution in [0.25, 0.3) is 5.57 Å². The van der Waals surface area contributed by atoms with E-state index in [4.69, 9.17) is 26.0 Å². The molecule has 0 unspecified atom stereocenters. The molecular formula is C22H23ClN2O4. The number of oxime groups is 2. The third kappa shape index (κ3) is 6.47. The Morgan fingerprint density at radius 3 is 2.38 bits per heavy atom. The Morgan fingerprint density at radius 2 is 1.72 bits per heavy atom. The topological polar surface area (TPSA) is 69.5 Å². The summed E-state index contributed by atoms with van der Waals surface area (Å²) in [4.78, 5) is 22.3. The van der Waals surface area contributed by atoms with E-state index in [9.17, 15) is 4.79 Å². The number of hydrogen-bond acceptors (Lipinski definition) is 6. The summed E-state index contributed by atoms with van der Waals surface area (Å²) in [6, 6.07) is 14.8. The highest BCUT2D eigenvalue weighted by Gasteiger charge is 2.19. The summed E-state index contributed by atoms with van der Waals surface area (Å²) >= 11 is 5.92. The second kappa shape index (κ2) is 11.0. The van der Waals surface area contributed by atoms with Crippen molar-refractivity contribution in [2.24, 2.45) is 10.3 Å². The molecule has 152 valence electrons. The summed E-state index contributed by atoms with van der Waals surface area (Å²) in [5.74, 6) is -0.597. The molecule has 2 aromatic rings. The van der Waals surface area contributed by atoms with Crippen molar-refractivity contribution in [2.45, 2.75) is 20.5 Å². The van der Waals surface area contributed by atoms with E-state index in [1.807, 2.05) is 56.3 Å². The van der Waals surface area contributed by atoms with E-state index >= 15 is 0 Å². The van der Waals surface area contributed by atoms with E-state index in [2.05, 4.69) is 10.3 Å². The van der Waals surface area contributed by atoms with Gasteiger partial charge in [0.2, 0.25) is 0 Å². The minimum Gasteiger partial charge on any atom is -0.464 e. The quantitative estimate of drug-likeness (QED) is 0.351. The summed E-state index contributed by atoms with van der Waals surface area (Å²) < 4.78 is 4.78. The third-order valence-corrected chi connectivity index (χ3v) is 4.24. The predicted octanol–water partition coefficient (Wildman–Crippen LogP) is 4.86. The maximum absolute atomic E-state index is 12.0.